The van der Waals surface area contributed by atoms with Crippen LogP contribution in [0.2, 0.25) is 0 Å². The molecule has 19 heavy (non-hydrogen) atoms. The minimum atomic E-state index is -0.509. The molecule has 0 aliphatic carbocycles. The Kier molecular flexibility index (Phi) is 2.67. The number of aromatic nitrogens is 2. The second-order valence-corrected chi connectivity index (χ2v) is 5.13. The predicted molar refractivity (Wildman–Crippen MR) is 72.9 cm³/mol. The van der Waals surface area contributed by atoms with Gasteiger partial charge in [0.15, 0.2) is 10.6 Å². The van der Waals surface area contributed by atoms with Gasteiger partial charge in [-0.3, -0.25) is 4.40 Å². The zero-order valence-electron chi connectivity index (χ0n) is 10.5. The van der Waals surface area contributed by atoms with Crippen molar-refractivity contribution in [2.45, 2.75) is 13.8 Å². The molecule has 3 aromatic heterocycles. The highest BCUT2D eigenvalue weighted by Gasteiger charge is 2.23. The largest absolute Gasteiger partial charge is 0.504 e. The number of rotatable bonds is 2. The first-order valence-electron chi connectivity index (χ1n) is 5.90. The Hall–Kier alpha value is -2.08. The van der Waals surface area contributed by atoms with E-state index in [0.29, 0.717) is 5.52 Å². The SMILES string of the molecule is CCOC(=O)c1sc2c(nc3cccc(C)n32)c1O. The van der Waals surface area contributed by atoms with Crippen LogP contribution in [0.15, 0.2) is 18.2 Å². The molecule has 98 valence electrons. The molecule has 3 heterocycles. The van der Waals surface area contributed by atoms with Gasteiger partial charge in [0.25, 0.3) is 0 Å². The molecule has 0 saturated heterocycles. The molecular formula is C13H12N2O3S. The highest BCUT2D eigenvalue weighted by atomic mass is 32.1. The molecule has 0 spiro atoms. The summed E-state index contributed by atoms with van der Waals surface area (Å²) < 4.78 is 6.84. The van der Waals surface area contributed by atoms with Crippen molar-refractivity contribution < 1.29 is 14.6 Å². The number of imidazole rings is 1. The number of hydrogen-bond donors (Lipinski definition) is 1. The average molecular weight is 276 g/mol. The van der Waals surface area contributed by atoms with Crippen molar-refractivity contribution in [2.75, 3.05) is 6.61 Å². The van der Waals surface area contributed by atoms with Crippen LogP contribution in [0.1, 0.15) is 22.3 Å². The van der Waals surface area contributed by atoms with Crippen LogP contribution in [0, 0.1) is 6.92 Å². The maximum Gasteiger partial charge on any atom is 0.352 e. The summed E-state index contributed by atoms with van der Waals surface area (Å²) in [6.07, 6.45) is 0. The third-order valence-corrected chi connectivity index (χ3v) is 4.03. The maximum atomic E-state index is 11.7. The molecule has 6 heteroatoms. The van der Waals surface area contributed by atoms with Crippen molar-refractivity contribution in [3.05, 3.63) is 28.8 Å². The van der Waals surface area contributed by atoms with Crippen LogP contribution >= 0.6 is 11.3 Å². The van der Waals surface area contributed by atoms with E-state index in [1.54, 1.807) is 6.92 Å². The Bertz CT molecular complexity index is 788. The van der Waals surface area contributed by atoms with Gasteiger partial charge in [-0.15, -0.1) is 11.3 Å². The fourth-order valence-corrected chi connectivity index (χ4v) is 3.16. The number of aromatic hydroxyl groups is 1. The van der Waals surface area contributed by atoms with E-state index in [-0.39, 0.29) is 17.2 Å². The van der Waals surface area contributed by atoms with Gasteiger partial charge < -0.3 is 9.84 Å². The topological polar surface area (TPSA) is 63.8 Å². The molecule has 0 aliphatic heterocycles. The van der Waals surface area contributed by atoms with E-state index >= 15 is 0 Å². The Morgan fingerprint density at radius 3 is 3.05 bits per heavy atom. The van der Waals surface area contributed by atoms with Gasteiger partial charge in [-0.25, -0.2) is 9.78 Å². The highest BCUT2D eigenvalue weighted by Crippen LogP contribution is 2.37. The van der Waals surface area contributed by atoms with Crippen molar-refractivity contribution in [3.8, 4) is 5.75 Å². The van der Waals surface area contributed by atoms with Crippen LogP contribution in [0.4, 0.5) is 0 Å². The van der Waals surface area contributed by atoms with Crippen LogP contribution in [-0.2, 0) is 4.74 Å². The van der Waals surface area contributed by atoms with E-state index < -0.39 is 5.97 Å². The third-order valence-electron chi connectivity index (χ3n) is 2.90. The van der Waals surface area contributed by atoms with Crippen LogP contribution in [0.3, 0.4) is 0 Å². The number of pyridine rings is 1. The zero-order valence-corrected chi connectivity index (χ0v) is 11.3. The number of ether oxygens (including phenoxy) is 1. The van der Waals surface area contributed by atoms with E-state index in [4.69, 9.17) is 4.74 Å². The normalized spacial score (nSPS) is 11.3. The zero-order chi connectivity index (χ0) is 13.6. The quantitative estimate of drug-likeness (QED) is 0.731. The first-order valence-corrected chi connectivity index (χ1v) is 6.71. The minimum absolute atomic E-state index is 0.0958. The Morgan fingerprint density at radius 1 is 1.53 bits per heavy atom. The monoisotopic (exact) mass is 276 g/mol. The van der Waals surface area contributed by atoms with Crippen molar-refractivity contribution in [2.24, 2.45) is 0 Å². The number of hydrogen-bond acceptors (Lipinski definition) is 5. The summed E-state index contributed by atoms with van der Waals surface area (Å²) in [6, 6.07) is 5.72. The lowest BCUT2D eigenvalue weighted by Gasteiger charge is -2.00. The van der Waals surface area contributed by atoms with E-state index in [1.807, 2.05) is 29.5 Å². The van der Waals surface area contributed by atoms with Gasteiger partial charge in [0, 0.05) is 5.69 Å². The first kappa shape index (κ1) is 12.0. The van der Waals surface area contributed by atoms with Gasteiger partial charge in [0.1, 0.15) is 16.0 Å². The number of aryl methyl sites for hydroxylation is 1. The van der Waals surface area contributed by atoms with Gasteiger partial charge >= 0.3 is 5.97 Å². The van der Waals surface area contributed by atoms with Crippen molar-refractivity contribution >= 4 is 33.3 Å². The van der Waals surface area contributed by atoms with E-state index in [2.05, 4.69) is 4.98 Å². The lowest BCUT2D eigenvalue weighted by Crippen LogP contribution is -2.02. The standard InChI is InChI=1S/C13H12N2O3S/c1-3-18-13(17)11-10(16)9-12(19-11)15-7(2)5-4-6-8(15)14-9/h4-6,16H,3H2,1-2H3. The van der Waals surface area contributed by atoms with Crippen LogP contribution in [-0.4, -0.2) is 27.1 Å². The van der Waals surface area contributed by atoms with Gasteiger partial charge in [0.2, 0.25) is 0 Å². The number of thiophene rings is 1. The van der Waals surface area contributed by atoms with Gasteiger partial charge in [0.05, 0.1) is 6.61 Å². The average Bonchev–Trinajstić information content (AvgIpc) is 2.88. The molecule has 0 fully saturated rings. The summed E-state index contributed by atoms with van der Waals surface area (Å²) in [7, 11) is 0. The molecule has 5 nitrogen and oxygen atoms in total. The molecule has 0 radical (unpaired) electrons. The lowest BCUT2D eigenvalue weighted by molar-refractivity contribution is 0.0529. The van der Waals surface area contributed by atoms with E-state index in [0.717, 1.165) is 16.2 Å². The molecule has 0 unspecified atom stereocenters. The summed E-state index contributed by atoms with van der Waals surface area (Å²) in [5.74, 6) is -0.605. The molecule has 3 aromatic rings. The number of carbonyl (C=O) groups is 1. The number of esters is 1. The van der Waals surface area contributed by atoms with Crippen LogP contribution in [0.25, 0.3) is 16.0 Å². The Balaban J connectivity index is 2.30. The van der Waals surface area contributed by atoms with Crippen molar-refractivity contribution in [1.82, 2.24) is 9.38 Å². The highest BCUT2D eigenvalue weighted by molar-refractivity contribution is 7.20. The third kappa shape index (κ3) is 1.67. The molecule has 1 N–H and O–H groups in total. The van der Waals surface area contributed by atoms with E-state index in [9.17, 15) is 9.90 Å². The summed E-state index contributed by atoms with van der Waals surface area (Å²) in [5.41, 5.74) is 2.20. The van der Waals surface area contributed by atoms with Crippen LogP contribution in [0.5, 0.6) is 5.75 Å². The molecule has 0 amide bonds. The van der Waals surface area contributed by atoms with Gasteiger partial charge in [-0.1, -0.05) is 6.07 Å². The predicted octanol–water partition coefficient (Wildman–Crippen LogP) is 2.74. The number of nitrogens with zero attached hydrogens (tertiary/aromatic N) is 2. The molecule has 0 bridgehead atoms. The lowest BCUT2D eigenvalue weighted by atomic mass is 10.4. The molecule has 0 atom stereocenters. The fraction of sp³-hybridized carbons (Fsp3) is 0.231. The van der Waals surface area contributed by atoms with Crippen molar-refractivity contribution in [1.29, 1.82) is 0 Å². The Labute approximate surface area is 113 Å². The number of fused-ring (bicyclic) bond motifs is 3. The Morgan fingerprint density at radius 2 is 2.32 bits per heavy atom. The van der Waals surface area contributed by atoms with Gasteiger partial charge in [-0.05, 0) is 26.0 Å². The minimum Gasteiger partial charge on any atom is -0.504 e. The first-order chi connectivity index (χ1) is 9.13. The van der Waals surface area contributed by atoms with Crippen LogP contribution < -0.4 is 0 Å². The van der Waals surface area contributed by atoms with Gasteiger partial charge in [-0.2, -0.15) is 0 Å². The van der Waals surface area contributed by atoms with E-state index in [1.165, 1.54) is 11.3 Å². The molecule has 0 aromatic carbocycles. The second-order valence-electron chi connectivity index (χ2n) is 4.13. The maximum absolute atomic E-state index is 11.7. The molecular weight excluding hydrogens is 264 g/mol. The fourth-order valence-electron chi connectivity index (χ4n) is 2.06. The second kappa shape index (κ2) is 4.24. The van der Waals surface area contributed by atoms with Crippen molar-refractivity contribution in [3.63, 3.8) is 0 Å². The summed E-state index contributed by atoms with van der Waals surface area (Å²) >= 11 is 1.20. The summed E-state index contributed by atoms with van der Waals surface area (Å²) in [5, 5.41) is 10.1. The smallest absolute Gasteiger partial charge is 0.352 e. The number of carbonyl (C=O) groups excluding carboxylic acids is 1. The molecule has 0 aliphatic rings. The summed E-state index contributed by atoms with van der Waals surface area (Å²) in [4.78, 5) is 17.1. The summed E-state index contributed by atoms with van der Waals surface area (Å²) in [6.45, 7) is 3.96. The molecule has 0 saturated carbocycles. The molecule has 3 rings (SSSR count).